The number of ether oxygens (including phenoxy) is 1. The van der Waals surface area contributed by atoms with Crippen LogP contribution in [0.3, 0.4) is 0 Å². The molecule has 0 spiro atoms. The van der Waals surface area contributed by atoms with Crippen LogP contribution in [0.4, 0.5) is 0 Å². The zero-order valence-corrected chi connectivity index (χ0v) is 10.2. The van der Waals surface area contributed by atoms with E-state index in [4.69, 9.17) is 9.84 Å². The third-order valence-electron chi connectivity index (χ3n) is 2.71. The lowest BCUT2D eigenvalue weighted by Gasteiger charge is -2.19. The average molecular weight is 223 g/mol. The number of nitrogens with one attached hydrogen (secondary N) is 1. The van der Waals surface area contributed by atoms with Gasteiger partial charge in [-0.1, -0.05) is 12.1 Å². The van der Waals surface area contributed by atoms with Crippen molar-refractivity contribution in [1.29, 1.82) is 0 Å². The number of benzene rings is 1. The van der Waals surface area contributed by atoms with Gasteiger partial charge in [0.25, 0.3) is 0 Å². The van der Waals surface area contributed by atoms with E-state index in [1.165, 1.54) is 5.56 Å². The highest BCUT2D eigenvalue weighted by atomic mass is 16.5. The van der Waals surface area contributed by atoms with Crippen molar-refractivity contribution >= 4 is 0 Å². The Balaban J connectivity index is 2.55. The minimum Gasteiger partial charge on any atom is -0.497 e. The lowest BCUT2D eigenvalue weighted by Crippen LogP contribution is -2.29. The standard InChI is InChI=1S/C13H21NO2/c1-10(8-9-15)14-11(2)12-4-6-13(16-3)7-5-12/h4-7,10-11,14-15H,8-9H2,1-3H3. The lowest BCUT2D eigenvalue weighted by molar-refractivity contribution is 0.264. The maximum atomic E-state index is 8.83. The fraction of sp³-hybridized carbons (Fsp3) is 0.538. The first-order chi connectivity index (χ1) is 7.67. The first-order valence-corrected chi connectivity index (χ1v) is 5.68. The van der Waals surface area contributed by atoms with Crippen LogP contribution in [0.15, 0.2) is 24.3 Å². The van der Waals surface area contributed by atoms with E-state index in [1.54, 1.807) is 7.11 Å². The summed E-state index contributed by atoms with van der Waals surface area (Å²) in [5.74, 6) is 0.874. The second-order valence-corrected chi connectivity index (χ2v) is 4.07. The van der Waals surface area contributed by atoms with E-state index >= 15 is 0 Å². The number of rotatable bonds is 6. The van der Waals surface area contributed by atoms with Crippen LogP contribution in [0.5, 0.6) is 5.75 Å². The van der Waals surface area contributed by atoms with Gasteiger partial charge in [0.1, 0.15) is 5.75 Å². The molecule has 0 aliphatic rings. The molecule has 0 aliphatic heterocycles. The van der Waals surface area contributed by atoms with Crippen LogP contribution in [0.1, 0.15) is 31.9 Å². The first kappa shape index (κ1) is 13.0. The molecule has 2 atom stereocenters. The molecule has 3 heteroatoms. The minimum atomic E-state index is 0.226. The zero-order chi connectivity index (χ0) is 12.0. The van der Waals surface area contributed by atoms with Crippen molar-refractivity contribution < 1.29 is 9.84 Å². The molecule has 2 N–H and O–H groups in total. The molecular formula is C13H21NO2. The van der Waals surface area contributed by atoms with Crippen LogP contribution in [0.25, 0.3) is 0 Å². The number of aliphatic hydroxyl groups excluding tert-OH is 1. The van der Waals surface area contributed by atoms with Gasteiger partial charge in [-0.25, -0.2) is 0 Å². The van der Waals surface area contributed by atoms with Gasteiger partial charge in [-0.3, -0.25) is 0 Å². The molecule has 0 aliphatic carbocycles. The zero-order valence-electron chi connectivity index (χ0n) is 10.2. The summed E-state index contributed by atoms with van der Waals surface area (Å²) >= 11 is 0. The van der Waals surface area contributed by atoms with E-state index in [1.807, 2.05) is 12.1 Å². The van der Waals surface area contributed by atoms with Crippen LogP contribution in [-0.2, 0) is 0 Å². The molecule has 0 radical (unpaired) electrons. The van der Waals surface area contributed by atoms with E-state index < -0.39 is 0 Å². The third-order valence-corrected chi connectivity index (χ3v) is 2.71. The summed E-state index contributed by atoms with van der Waals surface area (Å²) in [6.45, 7) is 4.43. The molecule has 1 aromatic rings. The topological polar surface area (TPSA) is 41.5 Å². The largest absolute Gasteiger partial charge is 0.497 e. The molecule has 0 saturated heterocycles. The quantitative estimate of drug-likeness (QED) is 0.776. The maximum Gasteiger partial charge on any atom is 0.118 e. The predicted molar refractivity (Wildman–Crippen MR) is 65.7 cm³/mol. The number of hydrogen-bond acceptors (Lipinski definition) is 3. The van der Waals surface area contributed by atoms with Crippen LogP contribution in [0.2, 0.25) is 0 Å². The third kappa shape index (κ3) is 3.83. The average Bonchev–Trinajstić information content (AvgIpc) is 2.29. The van der Waals surface area contributed by atoms with Crippen LogP contribution < -0.4 is 10.1 Å². The minimum absolute atomic E-state index is 0.226. The Labute approximate surface area is 97.4 Å². The maximum absolute atomic E-state index is 8.83. The molecule has 0 fully saturated rings. The summed E-state index contributed by atoms with van der Waals surface area (Å²) in [7, 11) is 1.67. The molecule has 1 aromatic carbocycles. The summed E-state index contributed by atoms with van der Waals surface area (Å²) in [5.41, 5.74) is 1.23. The smallest absolute Gasteiger partial charge is 0.118 e. The van der Waals surface area contributed by atoms with Gasteiger partial charge < -0.3 is 15.2 Å². The van der Waals surface area contributed by atoms with Gasteiger partial charge in [-0.15, -0.1) is 0 Å². The van der Waals surface area contributed by atoms with Crippen molar-refractivity contribution in [2.45, 2.75) is 32.4 Å². The lowest BCUT2D eigenvalue weighted by atomic mass is 10.1. The molecule has 0 aromatic heterocycles. The van der Waals surface area contributed by atoms with E-state index in [0.717, 1.165) is 12.2 Å². The summed E-state index contributed by atoms with van der Waals surface area (Å²) in [6.07, 6.45) is 0.778. The van der Waals surface area contributed by atoms with Gasteiger partial charge >= 0.3 is 0 Å². The van der Waals surface area contributed by atoms with Gasteiger partial charge in [-0.05, 0) is 38.0 Å². The molecule has 0 heterocycles. The molecule has 1 rings (SSSR count). The van der Waals surface area contributed by atoms with Crippen LogP contribution in [-0.4, -0.2) is 24.9 Å². The first-order valence-electron chi connectivity index (χ1n) is 5.68. The molecule has 0 bridgehead atoms. The number of aliphatic hydroxyl groups is 1. The monoisotopic (exact) mass is 223 g/mol. The highest BCUT2D eigenvalue weighted by Gasteiger charge is 2.08. The van der Waals surface area contributed by atoms with Crippen molar-refractivity contribution in [3.63, 3.8) is 0 Å². The highest BCUT2D eigenvalue weighted by Crippen LogP contribution is 2.17. The molecule has 2 unspecified atom stereocenters. The normalized spacial score (nSPS) is 14.5. The highest BCUT2D eigenvalue weighted by molar-refractivity contribution is 5.28. The molecule has 90 valence electrons. The number of methoxy groups -OCH3 is 1. The van der Waals surface area contributed by atoms with E-state index in [9.17, 15) is 0 Å². The Morgan fingerprint density at radius 3 is 2.38 bits per heavy atom. The summed E-state index contributed by atoms with van der Waals surface area (Å²) < 4.78 is 5.12. The van der Waals surface area contributed by atoms with Crippen molar-refractivity contribution in [1.82, 2.24) is 5.32 Å². The van der Waals surface area contributed by atoms with Gasteiger partial charge in [0.05, 0.1) is 7.11 Å². The molecule has 0 amide bonds. The van der Waals surface area contributed by atoms with Gasteiger partial charge in [0.2, 0.25) is 0 Å². The van der Waals surface area contributed by atoms with Crippen molar-refractivity contribution in [3.05, 3.63) is 29.8 Å². The molecule has 3 nitrogen and oxygen atoms in total. The van der Waals surface area contributed by atoms with E-state index in [0.29, 0.717) is 6.04 Å². The predicted octanol–water partition coefficient (Wildman–Crippen LogP) is 2.12. The van der Waals surface area contributed by atoms with Gasteiger partial charge in [0, 0.05) is 18.7 Å². The summed E-state index contributed by atoms with van der Waals surface area (Å²) in [4.78, 5) is 0. The Hall–Kier alpha value is -1.06. The second kappa shape index (κ2) is 6.51. The van der Waals surface area contributed by atoms with Crippen LogP contribution >= 0.6 is 0 Å². The van der Waals surface area contributed by atoms with E-state index in [-0.39, 0.29) is 12.6 Å². The van der Waals surface area contributed by atoms with Crippen molar-refractivity contribution in [3.8, 4) is 5.75 Å². The van der Waals surface area contributed by atoms with Gasteiger partial charge in [-0.2, -0.15) is 0 Å². The van der Waals surface area contributed by atoms with Crippen molar-refractivity contribution in [2.24, 2.45) is 0 Å². The molecular weight excluding hydrogens is 202 g/mol. The van der Waals surface area contributed by atoms with Crippen molar-refractivity contribution in [2.75, 3.05) is 13.7 Å². The second-order valence-electron chi connectivity index (χ2n) is 4.07. The van der Waals surface area contributed by atoms with Crippen LogP contribution in [0, 0.1) is 0 Å². The molecule has 16 heavy (non-hydrogen) atoms. The molecule has 0 saturated carbocycles. The number of hydrogen-bond donors (Lipinski definition) is 2. The Bertz CT molecular complexity index is 297. The Morgan fingerprint density at radius 1 is 1.25 bits per heavy atom. The Kier molecular flexibility index (Phi) is 5.29. The van der Waals surface area contributed by atoms with E-state index in [2.05, 4.69) is 31.3 Å². The van der Waals surface area contributed by atoms with Gasteiger partial charge in [0.15, 0.2) is 0 Å². The summed E-state index contributed by atoms with van der Waals surface area (Å²) in [6, 6.07) is 8.65. The fourth-order valence-corrected chi connectivity index (χ4v) is 1.69. The SMILES string of the molecule is COc1ccc(C(C)NC(C)CCO)cc1. The Morgan fingerprint density at radius 2 is 1.88 bits per heavy atom. The fourth-order valence-electron chi connectivity index (χ4n) is 1.69. The summed E-state index contributed by atoms with van der Waals surface area (Å²) in [5, 5.41) is 12.3.